The second-order valence-corrected chi connectivity index (χ2v) is 12.5. The van der Waals surface area contributed by atoms with Gasteiger partial charge >= 0.3 is 0 Å². The van der Waals surface area contributed by atoms with Crippen LogP contribution in [-0.2, 0) is 22.0 Å². The molecule has 11 heteroatoms. The molecule has 1 fully saturated rings. The van der Waals surface area contributed by atoms with Crippen molar-refractivity contribution in [2.24, 2.45) is 5.92 Å². The van der Waals surface area contributed by atoms with Crippen LogP contribution >= 0.6 is 0 Å². The van der Waals surface area contributed by atoms with E-state index < -0.39 is 15.9 Å². The Balaban J connectivity index is 1.33. The number of anilines is 1. The van der Waals surface area contributed by atoms with Crippen molar-refractivity contribution >= 4 is 39.4 Å². The molecule has 2 N–H and O–H groups in total. The molecule has 41 heavy (non-hydrogen) atoms. The molecule has 2 unspecified atom stereocenters. The summed E-state index contributed by atoms with van der Waals surface area (Å²) in [5.41, 5.74) is 3.86. The molecule has 1 spiro atoms. The highest BCUT2D eigenvalue weighted by molar-refractivity contribution is 7.89. The van der Waals surface area contributed by atoms with E-state index in [-0.39, 0.29) is 28.5 Å². The maximum Gasteiger partial charge on any atom is 0.270 e. The second-order valence-electron chi connectivity index (χ2n) is 10.7. The molecule has 6 rings (SSSR count). The lowest BCUT2D eigenvalue weighted by Gasteiger charge is -2.44. The maximum absolute atomic E-state index is 14.0. The first kappa shape index (κ1) is 26.7. The van der Waals surface area contributed by atoms with Gasteiger partial charge in [0.1, 0.15) is 16.9 Å². The number of amides is 2. The van der Waals surface area contributed by atoms with Crippen molar-refractivity contribution < 1.29 is 18.0 Å². The Morgan fingerprint density at radius 1 is 1.05 bits per heavy atom. The highest BCUT2D eigenvalue weighted by Crippen LogP contribution is 2.47. The molecule has 2 aromatic heterocycles. The number of allylic oxidation sites excluding steroid dienone is 1. The Labute approximate surface area is 238 Å². The van der Waals surface area contributed by atoms with Gasteiger partial charge in [-0.2, -0.15) is 9.61 Å². The molecule has 0 saturated carbocycles. The smallest absolute Gasteiger partial charge is 0.270 e. The zero-order valence-corrected chi connectivity index (χ0v) is 23.6. The van der Waals surface area contributed by atoms with Gasteiger partial charge in [-0.15, -0.1) is 0 Å². The molecule has 2 aromatic carbocycles. The largest absolute Gasteiger partial charge is 0.365 e. The van der Waals surface area contributed by atoms with Crippen LogP contribution in [0.3, 0.4) is 0 Å². The maximum atomic E-state index is 14.0. The van der Waals surface area contributed by atoms with Crippen molar-refractivity contribution in [3.8, 4) is 0 Å². The molecule has 10 nitrogen and oxygen atoms in total. The highest BCUT2D eigenvalue weighted by atomic mass is 32.2. The number of nitrogens with one attached hydrogen (secondary N) is 2. The van der Waals surface area contributed by atoms with Crippen LogP contribution < -0.4 is 10.0 Å². The number of carbonyl (C=O) groups excluding carboxylic acids is 2. The molecular formula is C30H30N6O4S. The Morgan fingerprint density at radius 3 is 2.56 bits per heavy atom. The normalized spacial score (nSPS) is 19.9. The Kier molecular flexibility index (Phi) is 6.61. The van der Waals surface area contributed by atoms with Crippen LogP contribution in [0, 0.1) is 5.92 Å². The molecule has 1 aliphatic heterocycles. The third-order valence-corrected chi connectivity index (χ3v) is 8.62. The summed E-state index contributed by atoms with van der Waals surface area (Å²) in [6.07, 6.45) is 8.86. The third-order valence-electron chi connectivity index (χ3n) is 8.06. The van der Waals surface area contributed by atoms with E-state index in [9.17, 15) is 18.0 Å². The van der Waals surface area contributed by atoms with Crippen molar-refractivity contribution in [3.63, 3.8) is 0 Å². The SMILES string of the molecule is CC1CN(C(=O)c2cnc3c(C(=O)NS(C)(=O)=O)cnn3c2NCc2ccccc2)CCC12C=Cc1ccccc12. The van der Waals surface area contributed by atoms with Gasteiger partial charge in [-0.3, -0.25) is 9.59 Å². The highest BCUT2D eigenvalue weighted by Gasteiger charge is 2.44. The van der Waals surface area contributed by atoms with Gasteiger partial charge in [0.15, 0.2) is 5.65 Å². The van der Waals surface area contributed by atoms with E-state index in [1.807, 2.05) is 46.0 Å². The lowest BCUT2D eigenvalue weighted by molar-refractivity contribution is 0.0612. The molecule has 1 saturated heterocycles. The number of nitrogens with zero attached hydrogens (tertiary/aromatic N) is 4. The monoisotopic (exact) mass is 570 g/mol. The molecule has 2 amide bonds. The van der Waals surface area contributed by atoms with Crippen molar-refractivity contribution in [2.45, 2.75) is 25.3 Å². The topological polar surface area (TPSA) is 126 Å². The fraction of sp³-hybridized carbons (Fsp3) is 0.267. The fourth-order valence-corrected chi connectivity index (χ4v) is 6.42. The van der Waals surface area contributed by atoms with Crippen LogP contribution in [0.1, 0.15) is 50.8 Å². The molecule has 4 aromatic rings. The Bertz CT molecular complexity index is 1800. The van der Waals surface area contributed by atoms with Crippen molar-refractivity contribution in [3.05, 3.63) is 101 Å². The minimum absolute atomic E-state index is 0.0163. The number of aromatic nitrogens is 3. The number of carbonyl (C=O) groups is 2. The number of hydrogen-bond acceptors (Lipinski definition) is 7. The van der Waals surface area contributed by atoms with Crippen LogP contribution in [0.5, 0.6) is 0 Å². The minimum atomic E-state index is -3.79. The zero-order valence-electron chi connectivity index (χ0n) is 22.7. The van der Waals surface area contributed by atoms with E-state index in [2.05, 4.69) is 52.7 Å². The second kappa shape index (κ2) is 10.2. The van der Waals surface area contributed by atoms with E-state index in [0.717, 1.165) is 18.2 Å². The van der Waals surface area contributed by atoms with Gasteiger partial charge in [0, 0.05) is 31.2 Å². The van der Waals surface area contributed by atoms with E-state index in [1.54, 1.807) is 0 Å². The summed E-state index contributed by atoms with van der Waals surface area (Å²) in [6, 6.07) is 18.1. The predicted octanol–water partition coefficient (Wildman–Crippen LogP) is 3.48. The summed E-state index contributed by atoms with van der Waals surface area (Å²) in [6.45, 7) is 3.71. The first-order valence-electron chi connectivity index (χ1n) is 13.4. The van der Waals surface area contributed by atoms with Crippen LogP contribution in [0.15, 0.2) is 73.1 Å². The number of sulfonamides is 1. The number of piperidine rings is 1. The molecule has 0 radical (unpaired) electrons. The Morgan fingerprint density at radius 2 is 1.80 bits per heavy atom. The first-order valence-corrected chi connectivity index (χ1v) is 15.3. The van der Waals surface area contributed by atoms with Gasteiger partial charge in [-0.05, 0) is 29.0 Å². The zero-order chi connectivity index (χ0) is 28.8. The van der Waals surface area contributed by atoms with E-state index in [0.29, 0.717) is 31.0 Å². The number of benzene rings is 2. The van der Waals surface area contributed by atoms with Gasteiger partial charge in [-0.1, -0.05) is 73.7 Å². The van der Waals surface area contributed by atoms with E-state index >= 15 is 0 Å². The third kappa shape index (κ3) is 4.86. The Hall–Kier alpha value is -4.51. The van der Waals surface area contributed by atoms with Gasteiger partial charge in [0.25, 0.3) is 11.8 Å². The number of likely N-dealkylation sites (tertiary alicyclic amines) is 1. The van der Waals surface area contributed by atoms with Crippen molar-refractivity contribution in [2.75, 3.05) is 24.7 Å². The summed E-state index contributed by atoms with van der Waals surface area (Å²) in [4.78, 5) is 32.9. The average molecular weight is 571 g/mol. The standard InChI is InChI=1S/C30H30N6O4S/c1-20-19-35(15-14-30(20)13-12-22-10-6-7-11-25(22)30)29(38)24-17-32-26-23(28(37)34-41(2,39)40)18-33-36(26)27(24)31-16-21-8-4-3-5-9-21/h3-13,17-18,20,31H,14-16,19H2,1-2H3,(H,34,37). The van der Waals surface area contributed by atoms with Crippen LogP contribution in [0.4, 0.5) is 5.82 Å². The number of rotatable bonds is 6. The molecule has 2 aliphatic rings. The van der Waals surface area contributed by atoms with Gasteiger partial charge in [0.05, 0.1) is 12.5 Å². The molecular weight excluding hydrogens is 540 g/mol. The summed E-state index contributed by atoms with van der Waals surface area (Å²) in [5, 5.41) is 7.64. The van der Waals surface area contributed by atoms with E-state index in [1.165, 1.54) is 28.0 Å². The van der Waals surface area contributed by atoms with Gasteiger partial charge in [-0.25, -0.2) is 18.1 Å². The van der Waals surface area contributed by atoms with Gasteiger partial charge in [0.2, 0.25) is 10.0 Å². The summed E-state index contributed by atoms with van der Waals surface area (Å²) in [5.74, 6) is -0.470. The van der Waals surface area contributed by atoms with Gasteiger partial charge < -0.3 is 10.2 Å². The number of hydrogen-bond donors (Lipinski definition) is 2. The molecule has 2 atom stereocenters. The number of fused-ring (bicyclic) bond motifs is 3. The summed E-state index contributed by atoms with van der Waals surface area (Å²) >= 11 is 0. The summed E-state index contributed by atoms with van der Waals surface area (Å²) < 4.78 is 26.7. The van der Waals surface area contributed by atoms with Crippen LogP contribution in [0.25, 0.3) is 11.7 Å². The average Bonchev–Trinajstić information content (AvgIpc) is 3.55. The molecule has 1 aliphatic carbocycles. The minimum Gasteiger partial charge on any atom is -0.365 e. The van der Waals surface area contributed by atoms with Crippen molar-refractivity contribution in [1.82, 2.24) is 24.2 Å². The molecule has 3 heterocycles. The lowest BCUT2D eigenvalue weighted by Crippen LogP contribution is -2.49. The van der Waals surface area contributed by atoms with Crippen LogP contribution in [0.2, 0.25) is 0 Å². The quantitative estimate of drug-likeness (QED) is 0.364. The van der Waals surface area contributed by atoms with E-state index in [4.69, 9.17) is 0 Å². The predicted molar refractivity (Wildman–Crippen MR) is 156 cm³/mol. The van der Waals surface area contributed by atoms with Crippen molar-refractivity contribution in [1.29, 1.82) is 0 Å². The molecule has 0 bridgehead atoms. The lowest BCUT2D eigenvalue weighted by atomic mass is 9.68. The van der Waals surface area contributed by atoms with Crippen LogP contribution in [-0.4, -0.2) is 59.1 Å². The first-order chi connectivity index (χ1) is 19.7. The molecule has 210 valence electrons. The summed E-state index contributed by atoms with van der Waals surface area (Å²) in [7, 11) is -3.79. The fourth-order valence-electron chi connectivity index (χ4n) is 5.97.